The largest absolute Gasteiger partial charge is 0.382 e. The molecule has 0 fully saturated rings. The van der Waals surface area contributed by atoms with Crippen molar-refractivity contribution >= 4 is 11.6 Å². The monoisotopic (exact) mass is 286 g/mol. The Morgan fingerprint density at radius 1 is 1.33 bits per heavy atom. The molecule has 0 radical (unpaired) electrons. The maximum Gasteiger partial charge on any atom is 0.253 e. The Balaban J connectivity index is 1.85. The Morgan fingerprint density at radius 2 is 2.14 bits per heavy atom. The van der Waals surface area contributed by atoms with Crippen molar-refractivity contribution in [3.63, 3.8) is 0 Å². The molecule has 21 heavy (non-hydrogen) atoms. The van der Waals surface area contributed by atoms with Crippen LogP contribution in [-0.2, 0) is 6.54 Å². The first kappa shape index (κ1) is 15.1. The van der Waals surface area contributed by atoms with Gasteiger partial charge >= 0.3 is 0 Å². The van der Waals surface area contributed by atoms with E-state index in [-0.39, 0.29) is 5.91 Å². The predicted octanol–water partition coefficient (Wildman–Crippen LogP) is 2.52. The molecule has 0 spiro atoms. The Morgan fingerprint density at radius 3 is 2.86 bits per heavy atom. The molecule has 5 nitrogen and oxygen atoms in total. The van der Waals surface area contributed by atoms with Gasteiger partial charge in [-0.15, -0.1) is 0 Å². The molecule has 1 heterocycles. The summed E-state index contributed by atoms with van der Waals surface area (Å²) in [5.74, 6) is -0.0376. The topological polar surface area (TPSA) is 59.0 Å². The van der Waals surface area contributed by atoms with E-state index < -0.39 is 0 Å². The summed E-state index contributed by atoms with van der Waals surface area (Å²) in [5, 5.41) is 6.26. The van der Waals surface area contributed by atoms with Crippen molar-refractivity contribution in [1.29, 1.82) is 0 Å². The molecule has 0 aliphatic carbocycles. The molecule has 2 N–H and O–H groups in total. The predicted molar refractivity (Wildman–Crippen MR) is 84.4 cm³/mol. The van der Waals surface area contributed by atoms with Gasteiger partial charge in [-0.25, -0.2) is 4.98 Å². The van der Waals surface area contributed by atoms with Gasteiger partial charge in [0.1, 0.15) is 0 Å². The van der Waals surface area contributed by atoms with Crippen molar-refractivity contribution < 1.29 is 4.79 Å². The number of hydrogen-bond acceptors (Lipinski definition) is 3. The first-order valence-corrected chi connectivity index (χ1v) is 7.26. The average Bonchev–Trinajstić information content (AvgIpc) is 2.96. The Kier molecular flexibility index (Phi) is 5.37. The van der Waals surface area contributed by atoms with Gasteiger partial charge in [0.25, 0.3) is 5.91 Å². The second kappa shape index (κ2) is 7.47. The normalized spacial score (nSPS) is 10.6. The number of nitrogens with zero attached hydrogens (tertiary/aromatic N) is 2. The van der Waals surface area contributed by atoms with Gasteiger partial charge in [-0.3, -0.25) is 4.79 Å². The molecular formula is C16H22N4O. The summed E-state index contributed by atoms with van der Waals surface area (Å²) in [6.45, 7) is 5.61. The molecule has 5 heteroatoms. The lowest BCUT2D eigenvalue weighted by molar-refractivity contribution is 0.0953. The fraction of sp³-hybridized carbons (Fsp3) is 0.375. The smallest absolute Gasteiger partial charge is 0.253 e. The van der Waals surface area contributed by atoms with Crippen LogP contribution in [0.2, 0.25) is 0 Å². The first-order chi connectivity index (χ1) is 10.2. The van der Waals surface area contributed by atoms with Gasteiger partial charge in [-0.05, 0) is 32.4 Å². The van der Waals surface area contributed by atoms with Crippen LogP contribution in [-0.4, -0.2) is 28.0 Å². The Hall–Kier alpha value is -2.30. The number of aromatic nitrogens is 2. The molecule has 112 valence electrons. The summed E-state index contributed by atoms with van der Waals surface area (Å²) >= 11 is 0. The number of benzene rings is 1. The summed E-state index contributed by atoms with van der Waals surface area (Å²) in [5.41, 5.74) is 1.56. The van der Waals surface area contributed by atoms with E-state index in [4.69, 9.17) is 0 Å². The molecule has 0 saturated carbocycles. The van der Waals surface area contributed by atoms with Gasteiger partial charge in [0.2, 0.25) is 0 Å². The van der Waals surface area contributed by atoms with Gasteiger partial charge in [-0.2, -0.15) is 0 Å². The van der Waals surface area contributed by atoms with Crippen LogP contribution < -0.4 is 10.6 Å². The number of hydrogen-bond donors (Lipinski definition) is 2. The summed E-state index contributed by atoms with van der Waals surface area (Å²) < 4.78 is 2.00. The van der Waals surface area contributed by atoms with E-state index in [0.29, 0.717) is 18.2 Å². The van der Waals surface area contributed by atoms with Crippen LogP contribution >= 0.6 is 0 Å². The molecule has 1 aromatic heterocycles. The lowest BCUT2D eigenvalue weighted by Crippen LogP contribution is -2.26. The highest BCUT2D eigenvalue weighted by Crippen LogP contribution is 2.15. The number of para-hydroxylation sites is 1. The zero-order chi connectivity index (χ0) is 15.1. The molecule has 1 aromatic carbocycles. The number of anilines is 1. The Labute approximate surface area is 125 Å². The van der Waals surface area contributed by atoms with Crippen LogP contribution in [0.1, 0.15) is 30.6 Å². The molecule has 0 bridgehead atoms. The number of rotatable bonds is 7. The fourth-order valence-corrected chi connectivity index (χ4v) is 2.10. The molecule has 0 aliphatic heterocycles. The minimum atomic E-state index is -0.0376. The number of carbonyl (C=O) groups excluding carboxylic acids is 1. The zero-order valence-corrected chi connectivity index (χ0v) is 12.5. The van der Waals surface area contributed by atoms with Crippen molar-refractivity contribution in [2.45, 2.75) is 32.9 Å². The van der Waals surface area contributed by atoms with Crippen molar-refractivity contribution in [2.24, 2.45) is 0 Å². The van der Waals surface area contributed by atoms with Crippen LogP contribution in [0.4, 0.5) is 5.69 Å². The molecular weight excluding hydrogens is 264 g/mol. The van der Waals surface area contributed by atoms with Gasteiger partial charge in [0.15, 0.2) is 0 Å². The van der Waals surface area contributed by atoms with Crippen LogP contribution in [0.15, 0.2) is 43.0 Å². The maximum absolute atomic E-state index is 12.2. The number of carbonyl (C=O) groups is 1. The van der Waals surface area contributed by atoms with Gasteiger partial charge in [0.05, 0.1) is 11.9 Å². The molecule has 0 unspecified atom stereocenters. The maximum atomic E-state index is 12.2. The van der Waals surface area contributed by atoms with Crippen LogP contribution in [0.5, 0.6) is 0 Å². The summed E-state index contributed by atoms with van der Waals surface area (Å²) in [4.78, 5) is 16.2. The number of nitrogens with one attached hydrogen (secondary N) is 2. The number of aryl methyl sites for hydroxylation is 1. The van der Waals surface area contributed by atoms with E-state index in [1.807, 2.05) is 35.0 Å². The quantitative estimate of drug-likeness (QED) is 0.769. The molecule has 0 atom stereocenters. The second-order valence-electron chi connectivity index (χ2n) is 5.25. The van der Waals surface area contributed by atoms with E-state index in [9.17, 15) is 4.79 Å². The minimum Gasteiger partial charge on any atom is -0.382 e. The van der Waals surface area contributed by atoms with Crippen LogP contribution in [0, 0.1) is 0 Å². The molecule has 2 aromatic rings. The minimum absolute atomic E-state index is 0.0376. The van der Waals surface area contributed by atoms with Crippen molar-refractivity contribution in [3.8, 4) is 0 Å². The Bertz CT molecular complexity index is 563. The lowest BCUT2D eigenvalue weighted by atomic mass is 10.1. The highest BCUT2D eigenvalue weighted by molar-refractivity contribution is 5.99. The van der Waals surface area contributed by atoms with E-state index in [2.05, 4.69) is 29.5 Å². The van der Waals surface area contributed by atoms with E-state index >= 15 is 0 Å². The van der Waals surface area contributed by atoms with E-state index in [1.165, 1.54) is 0 Å². The summed E-state index contributed by atoms with van der Waals surface area (Å²) in [6.07, 6.45) is 6.33. The summed E-state index contributed by atoms with van der Waals surface area (Å²) in [6, 6.07) is 7.88. The third-order valence-electron chi connectivity index (χ3n) is 3.05. The third kappa shape index (κ3) is 4.63. The van der Waals surface area contributed by atoms with Gasteiger partial charge < -0.3 is 15.2 Å². The molecule has 1 amide bonds. The SMILES string of the molecule is CC(C)Nc1ccccc1C(=O)NCCCn1ccnc1. The number of amides is 1. The van der Waals surface area contributed by atoms with Gasteiger partial charge in [0, 0.05) is 37.2 Å². The van der Waals surface area contributed by atoms with Crippen molar-refractivity contribution in [2.75, 3.05) is 11.9 Å². The lowest BCUT2D eigenvalue weighted by Gasteiger charge is -2.14. The fourth-order valence-electron chi connectivity index (χ4n) is 2.10. The molecule has 0 saturated heterocycles. The first-order valence-electron chi connectivity index (χ1n) is 7.26. The summed E-state index contributed by atoms with van der Waals surface area (Å²) in [7, 11) is 0. The standard InChI is InChI=1S/C16H22N4O/c1-13(2)19-15-7-4-3-6-14(15)16(21)18-8-5-10-20-11-9-17-12-20/h3-4,6-7,9,11-13,19H,5,8,10H2,1-2H3,(H,18,21). The van der Waals surface area contributed by atoms with Crippen molar-refractivity contribution in [3.05, 3.63) is 48.5 Å². The average molecular weight is 286 g/mol. The number of imidazole rings is 1. The van der Waals surface area contributed by atoms with E-state index in [1.54, 1.807) is 12.5 Å². The zero-order valence-electron chi connectivity index (χ0n) is 12.5. The molecule has 2 rings (SSSR count). The van der Waals surface area contributed by atoms with Crippen LogP contribution in [0.25, 0.3) is 0 Å². The third-order valence-corrected chi connectivity index (χ3v) is 3.05. The van der Waals surface area contributed by atoms with Crippen LogP contribution in [0.3, 0.4) is 0 Å². The second-order valence-corrected chi connectivity index (χ2v) is 5.25. The van der Waals surface area contributed by atoms with Crippen molar-refractivity contribution in [1.82, 2.24) is 14.9 Å². The highest BCUT2D eigenvalue weighted by Gasteiger charge is 2.10. The molecule has 0 aliphatic rings. The highest BCUT2D eigenvalue weighted by atomic mass is 16.1. The van der Waals surface area contributed by atoms with E-state index in [0.717, 1.165) is 18.7 Å². The van der Waals surface area contributed by atoms with Gasteiger partial charge in [-0.1, -0.05) is 12.1 Å².